The molecule has 5 nitrogen and oxygen atoms in total. The first-order chi connectivity index (χ1) is 11.7. The molecule has 0 heterocycles. The number of nitrogens with zero attached hydrogens (tertiary/aromatic N) is 1. The standard InChI is InChI=1S/C19H25N3O2/c1-24-18-9-7-15(8-10-18)11-12-21-14-16(13-20)19(23)22-17-5-3-2-4-6-17/h7-10,14,17,21H,2-6,11-12H2,1H3,(H,22,23)/b16-14-. The van der Waals surface area contributed by atoms with Crippen LogP contribution in [0, 0.1) is 11.3 Å². The number of carbonyl (C=O) groups excluding carboxylic acids is 1. The molecule has 0 aromatic heterocycles. The summed E-state index contributed by atoms with van der Waals surface area (Å²) in [6.45, 7) is 0.661. The molecule has 1 amide bonds. The second-order valence-corrected chi connectivity index (χ2v) is 6.03. The van der Waals surface area contributed by atoms with Gasteiger partial charge in [0.1, 0.15) is 17.4 Å². The maximum absolute atomic E-state index is 12.1. The number of ether oxygens (including phenoxy) is 1. The molecular weight excluding hydrogens is 302 g/mol. The van der Waals surface area contributed by atoms with E-state index in [0.717, 1.165) is 37.9 Å². The lowest BCUT2D eigenvalue weighted by Gasteiger charge is -2.22. The monoisotopic (exact) mass is 327 g/mol. The van der Waals surface area contributed by atoms with Crippen LogP contribution in [0.3, 0.4) is 0 Å². The van der Waals surface area contributed by atoms with Gasteiger partial charge in [0.2, 0.25) is 0 Å². The van der Waals surface area contributed by atoms with Crippen molar-refractivity contribution in [3.8, 4) is 11.8 Å². The minimum absolute atomic E-state index is 0.135. The summed E-state index contributed by atoms with van der Waals surface area (Å²) in [5, 5.41) is 15.2. The van der Waals surface area contributed by atoms with Gasteiger partial charge >= 0.3 is 0 Å². The van der Waals surface area contributed by atoms with E-state index in [-0.39, 0.29) is 17.5 Å². The first-order valence-electron chi connectivity index (χ1n) is 8.50. The molecule has 0 saturated heterocycles. The highest BCUT2D eigenvalue weighted by Crippen LogP contribution is 2.17. The molecular formula is C19H25N3O2. The number of carbonyl (C=O) groups is 1. The smallest absolute Gasteiger partial charge is 0.263 e. The van der Waals surface area contributed by atoms with Crippen molar-refractivity contribution in [3.63, 3.8) is 0 Å². The number of hydrogen-bond donors (Lipinski definition) is 2. The van der Waals surface area contributed by atoms with Crippen molar-refractivity contribution in [1.29, 1.82) is 5.26 Å². The number of hydrogen-bond acceptors (Lipinski definition) is 4. The molecule has 0 unspecified atom stereocenters. The Morgan fingerprint density at radius 1 is 1.29 bits per heavy atom. The van der Waals surface area contributed by atoms with Gasteiger partial charge in [0.05, 0.1) is 7.11 Å². The van der Waals surface area contributed by atoms with Crippen LogP contribution in [-0.2, 0) is 11.2 Å². The maximum Gasteiger partial charge on any atom is 0.263 e. The Kier molecular flexibility index (Phi) is 7.16. The molecule has 0 aliphatic heterocycles. The summed E-state index contributed by atoms with van der Waals surface area (Å²) in [7, 11) is 1.64. The number of methoxy groups -OCH3 is 1. The molecule has 24 heavy (non-hydrogen) atoms. The first-order valence-corrected chi connectivity index (χ1v) is 8.50. The molecule has 1 fully saturated rings. The summed E-state index contributed by atoms with van der Waals surface area (Å²) < 4.78 is 5.12. The van der Waals surface area contributed by atoms with Crippen molar-refractivity contribution in [1.82, 2.24) is 10.6 Å². The predicted molar refractivity (Wildman–Crippen MR) is 93.4 cm³/mol. The highest BCUT2D eigenvalue weighted by Gasteiger charge is 2.17. The second-order valence-electron chi connectivity index (χ2n) is 6.03. The third-order valence-corrected chi connectivity index (χ3v) is 4.27. The normalized spacial score (nSPS) is 15.4. The molecule has 1 saturated carbocycles. The van der Waals surface area contributed by atoms with E-state index in [2.05, 4.69) is 10.6 Å². The zero-order valence-electron chi connectivity index (χ0n) is 14.2. The summed E-state index contributed by atoms with van der Waals surface area (Å²) in [4.78, 5) is 12.1. The van der Waals surface area contributed by atoms with E-state index in [1.165, 1.54) is 18.2 Å². The molecule has 128 valence electrons. The second kappa shape index (κ2) is 9.61. The Labute approximate surface area is 143 Å². The van der Waals surface area contributed by atoms with Gasteiger partial charge in [-0.25, -0.2) is 0 Å². The van der Waals surface area contributed by atoms with Crippen LogP contribution in [0.25, 0.3) is 0 Å². The van der Waals surface area contributed by atoms with Gasteiger partial charge in [-0.15, -0.1) is 0 Å². The van der Waals surface area contributed by atoms with Crippen LogP contribution in [-0.4, -0.2) is 25.6 Å². The van der Waals surface area contributed by atoms with Gasteiger partial charge in [0.15, 0.2) is 0 Å². The quantitative estimate of drug-likeness (QED) is 0.459. The van der Waals surface area contributed by atoms with Crippen LogP contribution >= 0.6 is 0 Å². The Hall–Kier alpha value is -2.48. The maximum atomic E-state index is 12.1. The van der Waals surface area contributed by atoms with E-state index < -0.39 is 0 Å². The van der Waals surface area contributed by atoms with Crippen LogP contribution in [0.5, 0.6) is 5.75 Å². The van der Waals surface area contributed by atoms with E-state index in [4.69, 9.17) is 10.00 Å². The highest BCUT2D eigenvalue weighted by atomic mass is 16.5. The van der Waals surface area contributed by atoms with Crippen molar-refractivity contribution in [2.24, 2.45) is 0 Å². The fraction of sp³-hybridized carbons (Fsp3) is 0.474. The average Bonchev–Trinajstić information content (AvgIpc) is 2.63. The van der Waals surface area contributed by atoms with E-state index in [1.54, 1.807) is 7.11 Å². The van der Waals surface area contributed by atoms with Crippen LogP contribution in [0.2, 0.25) is 0 Å². The fourth-order valence-corrected chi connectivity index (χ4v) is 2.84. The lowest BCUT2D eigenvalue weighted by molar-refractivity contribution is -0.118. The van der Waals surface area contributed by atoms with Crippen molar-refractivity contribution >= 4 is 5.91 Å². The number of amides is 1. The largest absolute Gasteiger partial charge is 0.497 e. The van der Waals surface area contributed by atoms with Crippen molar-refractivity contribution in [2.75, 3.05) is 13.7 Å². The number of nitrogens with one attached hydrogen (secondary N) is 2. The van der Waals surface area contributed by atoms with Gasteiger partial charge in [0, 0.05) is 18.8 Å². The summed E-state index contributed by atoms with van der Waals surface area (Å²) in [6, 6.07) is 10.0. The minimum Gasteiger partial charge on any atom is -0.497 e. The van der Waals surface area contributed by atoms with E-state index in [9.17, 15) is 4.79 Å². The zero-order chi connectivity index (χ0) is 17.2. The highest BCUT2D eigenvalue weighted by molar-refractivity contribution is 5.97. The van der Waals surface area contributed by atoms with Gasteiger partial charge in [-0.1, -0.05) is 31.4 Å². The van der Waals surface area contributed by atoms with E-state index in [1.807, 2.05) is 30.3 Å². The summed E-state index contributed by atoms with van der Waals surface area (Å²) in [6.07, 6.45) is 7.88. The Morgan fingerprint density at radius 3 is 2.62 bits per heavy atom. The zero-order valence-corrected chi connectivity index (χ0v) is 14.2. The Balaban J connectivity index is 1.77. The summed E-state index contributed by atoms with van der Waals surface area (Å²) in [5.74, 6) is 0.555. The molecule has 1 aliphatic rings. The summed E-state index contributed by atoms with van der Waals surface area (Å²) in [5.41, 5.74) is 1.30. The van der Waals surface area contributed by atoms with Crippen LogP contribution < -0.4 is 15.4 Å². The molecule has 0 radical (unpaired) electrons. The minimum atomic E-state index is -0.277. The van der Waals surface area contributed by atoms with Crippen molar-refractivity contribution in [2.45, 2.75) is 44.6 Å². The predicted octanol–water partition coefficient (Wildman–Crippen LogP) is 2.68. The van der Waals surface area contributed by atoms with Gasteiger partial charge in [0.25, 0.3) is 5.91 Å². The topological polar surface area (TPSA) is 74.1 Å². The number of benzene rings is 1. The molecule has 0 spiro atoms. The van der Waals surface area contributed by atoms with Crippen molar-refractivity contribution in [3.05, 3.63) is 41.6 Å². The fourth-order valence-electron chi connectivity index (χ4n) is 2.84. The molecule has 0 atom stereocenters. The Morgan fingerprint density at radius 2 is 2.00 bits per heavy atom. The van der Waals surface area contributed by atoms with Gasteiger partial charge in [-0.2, -0.15) is 5.26 Å². The SMILES string of the molecule is COc1ccc(CCN/C=C(/C#N)C(=O)NC2CCCCC2)cc1. The third kappa shape index (κ3) is 5.62. The van der Waals surface area contributed by atoms with Crippen LogP contribution in [0.15, 0.2) is 36.0 Å². The van der Waals surface area contributed by atoms with Crippen LogP contribution in [0.1, 0.15) is 37.7 Å². The van der Waals surface area contributed by atoms with Gasteiger partial charge < -0.3 is 15.4 Å². The molecule has 5 heteroatoms. The Bertz CT molecular complexity index is 596. The molecule has 1 aliphatic carbocycles. The van der Waals surface area contributed by atoms with Gasteiger partial charge in [-0.05, 0) is 37.0 Å². The first kappa shape index (κ1) is 17.9. The number of nitriles is 1. The van der Waals surface area contributed by atoms with E-state index >= 15 is 0 Å². The lowest BCUT2D eigenvalue weighted by atomic mass is 9.95. The molecule has 0 bridgehead atoms. The third-order valence-electron chi connectivity index (χ3n) is 4.27. The number of rotatable bonds is 7. The summed E-state index contributed by atoms with van der Waals surface area (Å²) >= 11 is 0. The molecule has 2 N–H and O–H groups in total. The van der Waals surface area contributed by atoms with Crippen LogP contribution in [0.4, 0.5) is 0 Å². The molecule has 2 rings (SSSR count). The average molecular weight is 327 g/mol. The lowest BCUT2D eigenvalue weighted by Crippen LogP contribution is -2.37. The van der Waals surface area contributed by atoms with Crippen molar-refractivity contribution < 1.29 is 9.53 Å². The molecule has 1 aromatic rings. The van der Waals surface area contributed by atoms with E-state index in [0.29, 0.717) is 6.54 Å². The molecule has 1 aromatic carbocycles. The van der Waals surface area contributed by atoms with Gasteiger partial charge in [-0.3, -0.25) is 4.79 Å².